The van der Waals surface area contributed by atoms with Gasteiger partial charge in [0.15, 0.2) is 0 Å². The molecule has 9 heteroatoms. The van der Waals surface area contributed by atoms with E-state index >= 15 is 0 Å². The fraction of sp³-hybridized carbons (Fsp3) is 0.235. The van der Waals surface area contributed by atoms with Gasteiger partial charge in [-0.25, -0.2) is 9.97 Å². The summed E-state index contributed by atoms with van der Waals surface area (Å²) in [7, 11) is 1.48. The van der Waals surface area contributed by atoms with E-state index in [2.05, 4.69) is 15.3 Å². The van der Waals surface area contributed by atoms with E-state index in [1.54, 1.807) is 24.3 Å². The Morgan fingerprint density at radius 3 is 2.65 bits per heavy atom. The van der Waals surface area contributed by atoms with E-state index in [9.17, 15) is 18.0 Å². The van der Waals surface area contributed by atoms with Crippen LogP contribution in [0.5, 0.6) is 5.88 Å². The van der Waals surface area contributed by atoms with Crippen LogP contribution in [0.15, 0.2) is 42.6 Å². The zero-order chi connectivity index (χ0) is 18.7. The van der Waals surface area contributed by atoms with Crippen LogP contribution in [0.25, 0.3) is 11.0 Å². The molecule has 0 atom stereocenters. The lowest BCUT2D eigenvalue weighted by atomic mass is 10.3. The third kappa shape index (κ3) is 3.76. The summed E-state index contributed by atoms with van der Waals surface area (Å²) in [6.45, 7) is -0.344. The summed E-state index contributed by atoms with van der Waals surface area (Å²) in [4.78, 5) is 19.8. The van der Waals surface area contributed by atoms with Crippen molar-refractivity contribution in [2.24, 2.45) is 0 Å². The summed E-state index contributed by atoms with van der Waals surface area (Å²) in [5.41, 5.74) is 1.14. The molecule has 0 spiro atoms. The van der Waals surface area contributed by atoms with Crippen molar-refractivity contribution in [1.82, 2.24) is 19.9 Å². The molecule has 26 heavy (non-hydrogen) atoms. The molecule has 0 aliphatic carbocycles. The Morgan fingerprint density at radius 1 is 1.23 bits per heavy atom. The molecular formula is C17H15F3N4O2. The van der Waals surface area contributed by atoms with Crippen molar-refractivity contribution in [3.05, 3.63) is 54.0 Å². The highest BCUT2D eigenvalue weighted by atomic mass is 19.4. The van der Waals surface area contributed by atoms with E-state index in [0.717, 1.165) is 4.57 Å². The lowest BCUT2D eigenvalue weighted by molar-refractivity contribution is -0.147. The number of carbonyl (C=O) groups excluding carboxylic acids is 1. The van der Waals surface area contributed by atoms with Gasteiger partial charge in [-0.05, 0) is 17.7 Å². The number of halogens is 3. The summed E-state index contributed by atoms with van der Waals surface area (Å²) in [5.74, 6) is -1.23. The minimum absolute atomic E-state index is 0.143. The predicted molar refractivity (Wildman–Crippen MR) is 87.4 cm³/mol. The Hall–Kier alpha value is -3.10. The highest BCUT2D eigenvalue weighted by Gasteiger charge is 2.37. The largest absolute Gasteiger partial charge is 0.481 e. The standard InChI is InChI=1S/C17H15F3N4O2/c1-26-15-7-6-11(9-22-15)8-21-14(25)10-24-13-5-3-2-4-12(13)23-16(24)17(18,19)20/h2-7,9H,8,10H2,1H3,(H,21,25). The molecule has 0 unspecified atom stereocenters. The maximum atomic E-state index is 13.2. The molecule has 0 bridgehead atoms. The number of methoxy groups -OCH3 is 1. The number of aromatic nitrogens is 3. The summed E-state index contributed by atoms with van der Waals surface area (Å²) in [5, 5.41) is 2.58. The van der Waals surface area contributed by atoms with Gasteiger partial charge in [-0.15, -0.1) is 0 Å². The number of rotatable bonds is 5. The monoisotopic (exact) mass is 364 g/mol. The lowest BCUT2D eigenvalue weighted by Gasteiger charge is -2.11. The van der Waals surface area contributed by atoms with Crippen molar-refractivity contribution in [2.75, 3.05) is 7.11 Å². The van der Waals surface area contributed by atoms with E-state index in [0.29, 0.717) is 11.4 Å². The number of para-hydroxylation sites is 2. The topological polar surface area (TPSA) is 69.0 Å². The van der Waals surface area contributed by atoms with E-state index in [1.165, 1.54) is 25.4 Å². The Morgan fingerprint density at radius 2 is 2.00 bits per heavy atom. The molecule has 0 aliphatic rings. The fourth-order valence-corrected chi connectivity index (χ4v) is 2.49. The zero-order valence-corrected chi connectivity index (χ0v) is 13.7. The van der Waals surface area contributed by atoms with Gasteiger partial charge < -0.3 is 14.6 Å². The van der Waals surface area contributed by atoms with Crippen molar-refractivity contribution >= 4 is 16.9 Å². The molecule has 1 amide bonds. The molecule has 3 rings (SSSR count). The Kier molecular flexibility index (Phi) is 4.79. The molecule has 0 radical (unpaired) electrons. The Labute approximate surface area is 146 Å². The number of hydrogen-bond donors (Lipinski definition) is 1. The van der Waals surface area contributed by atoms with Gasteiger partial charge in [0, 0.05) is 18.8 Å². The van der Waals surface area contributed by atoms with Crippen LogP contribution in [0, 0.1) is 0 Å². The molecule has 0 saturated carbocycles. The van der Waals surface area contributed by atoms with Crippen molar-refractivity contribution < 1.29 is 22.7 Å². The smallest absolute Gasteiger partial charge is 0.449 e. The van der Waals surface area contributed by atoms with Gasteiger partial charge >= 0.3 is 6.18 Å². The molecular weight excluding hydrogens is 349 g/mol. The molecule has 1 aromatic carbocycles. The van der Waals surface area contributed by atoms with Crippen LogP contribution in [0.3, 0.4) is 0 Å². The molecule has 3 aromatic rings. The van der Waals surface area contributed by atoms with Crippen molar-refractivity contribution in [3.8, 4) is 5.88 Å². The third-order valence-corrected chi connectivity index (χ3v) is 3.71. The van der Waals surface area contributed by atoms with E-state index in [-0.39, 0.29) is 17.6 Å². The number of fused-ring (bicyclic) bond motifs is 1. The maximum Gasteiger partial charge on any atom is 0.449 e. The number of alkyl halides is 3. The summed E-state index contributed by atoms with van der Waals surface area (Å²) >= 11 is 0. The fourth-order valence-electron chi connectivity index (χ4n) is 2.49. The normalized spacial score (nSPS) is 11.5. The van der Waals surface area contributed by atoms with Crippen molar-refractivity contribution in [3.63, 3.8) is 0 Å². The molecule has 0 saturated heterocycles. The van der Waals surface area contributed by atoms with Gasteiger partial charge in [0.25, 0.3) is 0 Å². The predicted octanol–water partition coefficient (Wildman–Crippen LogP) is 2.78. The van der Waals surface area contributed by atoms with Crippen LogP contribution in [-0.2, 0) is 24.1 Å². The van der Waals surface area contributed by atoms with Gasteiger partial charge in [0.2, 0.25) is 17.6 Å². The number of nitrogens with one attached hydrogen (secondary N) is 1. The van der Waals surface area contributed by atoms with Crippen LogP contribution in [0.2, 0.25) is 0 Å². The second-order valence-electron chi connectivity index (χ2n) is 5.49. The number of nitrogens with zero attached hydrogens (tertiary/aromatic N) is 3. The van der Waals surface area contributed by atoms with Gasteiger partial charge in [0.1, 0.15) is 6.54 Å². The highest BCUT2D eigenvalue weighted by molar-refractivity contribution is 5.81. The minimum Gasteiger partial charge on any atom is -0.481 e. The minimum atomic E-state index is -4.65. The molecule has 2 aromatic heterocycles. The SMILES string of the molecule is COc1ccc(CNC(=O)Cn2c(C(F)(F)F)nc3ccccc32)cn1. The first-order valence-corrected chi connectivity index (χ1v) is 7.66. The average Bonchev–Trinajstić information content (AvgIpc) is 2.99. The van der Waals surface area contributed by atoms with Gasteiger partial charge in [-0.1, -0.05) is 18.2 Å². The first-order chi connectivity index (χ1) is 12.4. The molecule has 2 heterocycles. The first kappa shape index (κ1) is 17.7. The number of imidazole rings is 1. The number of benzene rings is 1. The van der Waals surface area contributed by atoms with Crippen LogP contribution >= 0.6 is 0 Å². The van der Waals surface area contributed by atoms with Crippen LogP contribution in [0.4, 0.5) is 13.2 Å². The van der Waals surface area contributed by atoms with E-state index < -0.39 is 24.5 Å². The molecule has 0 aliphatic heterocycles. The quantitative estimate of drug-likeness (QED) is 0.756. The van der Waals surface area contributed by atoms with Gasteiger partial charge in [-0.2, -0.15) is 13.2 Å². The van der Waals surface area contributed by atoms with E-state index in [1.807, 2.05) is 0 Å². The summed E-state index contributed by atoms with van der Waals surface area (Å²) < 4.78 is 45.5. The van der Waals surface area contributed by atoms with Crippen LogP contribution in [-0.4, -0.2) is 27.6 Å². The average molecular weight is 364 g/mol. The number of hydrogen-bond acceptors (Lipinski definition) is 4. The number of pyridine rings is 1. The van der Waals surface area contributed by atoms with Crippen molar-refractivity contribution in [2.45, 2.75) is 19.3 Å². The van der Waals surface area contributed by atoms with Crippen LogP contribution < -0.4 is 10.1 Å². The second-order valence-corrected chi connectivity index (χ2v) is 5.49. The molecule has 1 N–H and O–H groups in total. The Balaban J connectivity index is 1.76. The Bertz CT molecular complexity index is 920. The van der Waals surface area contributed by atoms with E-state index in [4.69, 9.17) is 4.74 Å². The summed E-state index contributed by atoms with van der Waals surface area (Å²) in [6, 6.07) is 9.50. The van der Waals surface area contributed by atoms with Gasteiger partial charge in [0.05, 0.1) is 18.1 Å². The summed E-state index contributed by atoms with van der Waals surface area (Å²) in [6.07, 6.45) is -3.13. The zero-order valence-electron chi connectivity index (χ0n) is 13.7. The second kappa shape index (κ2) is 7.03. The number of ether oxygens (including phenoxy) is 1. The van der Waals surface area contributed by atoms with Crippen molar-refractivity contribution in [1.29, 1.82) is 0 Å². The third-order valence-electron chi connectivity index (χ3n) is 3.71. The molecule has 0 fully saturated rings. The lowest BCUT2D eigenvalue weighted by Crippen LogP contribution is -2.29. The number of carbonyl (C=O) groups is 1. The number of amides is 1. The maximum absolute atomic E-state index is 13.2. The van der Waals surface area contributed by atoms with Gasteiger partial charge in [-0.3, -0.25) is 4.79 Å². The first-order valence-electron chi connectivity index (χ1n) is 7.66. The molecule has 6 nitrogen and oxygen atoms in total. The molecule has 136 valence electrons. The highest BCUT2D eigenvalue weighted by Crippen LogP contribution is 2.31. The van der Waals surface area contributed by atoms with Crippen LogP contribution in [0.1, 0.15) is 11.4 Å².